The maximum absolute atomic E-state index is 12.2. The van der Waals surface area contributed by atoms with Crippen LogP contribution < -0.4 is 4.74 Å². The van der Waals surface area contributed by atoms with Gasteiger partial charge in [-0.25, -0.2) is 4.99 Å². The average molecular weight is 252 g/mol. The van der Waals surface area contributed by atoms with E-state index in [0.29, 0.717) is 0 Å². The lowest BCUT2D eigenvalue weighted by atomic mass is 10.2. The number of alkyl halides is 3. The third kappa shape index (κ3) is 3.13. The number of ether oxygens (including phenoxy) is 1. The van der Waals surface area contributed by atoms with Crippen LogP contribution in [0.1, 0.15) is 5.56 Å². The van der Waals surface area contributed by atoms with Gasteiger partial charge >= 0.3 is 6.18 Å². The number of hydrogen-bond acceptors (Lipinski definition) is 2. The van der Waals surface area contributed by atoms with Gasteiger partial charge in [0.05, 0.1) is 7.11 Å². The number of hydrogen-bond donors (Lipinski definition) is 0. The highest BCUT2D eigenvalue weighted by Gasteiger charge is 2.34. The van der Waals surface area contributed by atoms with Crippen molar-refractivity contribution in [2.75, 3.05) is 7.11 Å². The predicted molar refractivity (Wildman–Crippen MR) is 56.7 cm³/mol. The SMILES string of the molecule is COc1ccc(C)cc1N=C(Cl)C(F)(F)F. The highest BCUT2D eigenvalue weighted by atomic mass is 35.5. The van der Waals surface area contributed by atoms with Crippen molar-refractivity contribution >= 4 is 22.5 Å². The van der Waals surface area contributed by atoms with Crippen LogP contribution in [-0.4, -0.2) is 18.5 Å². The first-order chi connectivity index (χ1) is 7.34. The number of rotatable bonds is 2. The third-order valence-electron chi connectivity index (χ3n) is 1.79. The van der Waals surface area contributed by atoms with Crippen molar-refractivity contribution in [3.05, 3.63) is 23.8 Å². The maximum atomic E-state index is 12.2. The van der Waals surface area contributed by atoms with Crippen molar-refractivity contribution in [2.45, 2.75) is 13.1 Å². The molecule has 1 rings (SSSR count). The molecule has 1 aromatic rings. The zero-order valence-corrected chi connectivity index (χ0v) is 9.36. The Balaban J connectivity index is 3.18. The zero-order valence-electron chi connectivity index (χ0n) is 8.60. The van der Waals surface area contributed by atoms with Gasteiger partial charge in [-0.15, -0.1) is 0 Å². The smallest absolute Gasteiger partial charge is 0.444 e. The summed E-state index contributed by atoms with van der Waals surface area (Å²) in [5.41, 5.74) is 0.830. The summed E-state index contributed by atoms with van der Waals surface area (Å²) in [6, 6.07) is 4.71. The van der Waals surface area contributed by atoms with E-state index in [4.69, 9.17) is 16.3 Å². The molecule has 0 bridgehead atoms. The number of aliphatic imine (C=N–C) groups is 1. The molecule has 0 aliphatic carbocycles. The van der Waals surface area contributed by atoms with E-state index in [2.05, 4.69) is 4.99 Å². The molecule has 0 aliphatic rings. The van der Waals surface area contributed by atoms with Crippen LogP contribution in [0, 0.1) is 6.92 Å². The summed E-state index contributed by atoms with van der Waals surface area (Å²) in [6.45, 7) is 1.74. The van der Waals surface area contributed by atoms with Gasteiger partial charge in [-0.3, -0.25) is 0 Å². The molecule has 88 valence electrons. The van der Waals surface area contributed by atoms with E-state index in [1.54, 1.807) is 13.0 Å². The third-order valence-corrected chi connectivity index (χ3v) is 2.09. The number of halogens is 4. The second-order valence-corrected chi connectivity index (χ2v) is 3.43. The van der Waals surface area contributed by atoms with Gasteiger partial charge in [0.1, 0.15) is 11.4 Å². The fraction of sp³-hybridized carbons (Fsp3) is 0.300. The summed E-state index contributed by atoms with van der Waals surface area (Å²) in [5, 5.41) is -1.42. The molecular formula is C10H9ClF3NO. The lowest BCUT2D eigenvalue weighted by molar-refractivity contribution is -0.0558. The lowest BCUT2D eigenvalue weighted by Crippen LogP contribution is -2.16. The first kappa shape index (κ1) is 12.8. The van der Waals surface area contributed by atoms with Crippen molar-refractivity contribution in [1.29, 1.82) is 0 Å². The minimum absolute atomic E-state index is 0.0600. The van der Waals surface area contributed by atoms with Gasteiger partial charge in [0.2, 0.25) is 5.17 Å². The fourth-order valence-corrected chi connectivity index (χ4v) is 1.15. The van der Waals surface area contributed by atoms with E-state index in [1.807, 2.05) is 0 Å². The van der Waals surface area contributed by atoms with Crippen molar-refractivity contribution in [3.63, 3.8) is 0 Å². The molecule has 0 aromatic heterocycles. The number of benzene rings is 1. The molecule has 0 aliphatic heterocycles. The Bertz CT molecular complexity index is 415. The van der Waals surface area contributed by atoms with Crippen LogP contribution in [0.15, 0.2) is 23.2 Å². The van der Waals surface area contributed by atoms with Crippen LogP contribution >= 0.6 is 11.6 Å². The van der Waals surface area contributed by atoms with Gasteiger partial charge in [0.25, 0.3) is 0 Å². The van der Waals surface area contributed by atoms with E-state index >= 15 is 0 Å². The Morgan fingerprint density at radius 1 is 1.38 bits per heavy atom. The van der Waals surface area contributed by atoms with Crippen molar-refractivity contribution in [2.24, 2.45) is 4.99 Å². The van der Waals surface area contributed by atoms with Crippen LogP contribution in [0.25, 0.3) is 0 Å². The Labute approximate surface area is 95.7 Å². The van der Waals surface area contributed by atoms with Gasteiger partial charge in [-0.05, 0) is 24.6 Å². The molecule has 0 saturated carbocycles. The van der Waals surface area contributed by atoms with E-state index in [1.165, 1.54) is 19.2 Å². The molecule has 0 fully saturated rings. The number of methoxy groups -OCH3 is 1. The summed E-state index contributed by atoms with van der Waals surface area (Å²) in [4.78, 5) is 3.29. The molecule has 2 nitrogen and oxygen atoms in total. The topological polar surface area (TPSA) is 21.6 Å². The van der Waals surface area contributed by atoms with Crippen LogP contribution in [-0.2, 0) is 0 Å². The molecule has 0 heterocycles. The molecule has 0 amide bonds. The minimum atomic E-state index is -4.64. The first-order valence-corrected chi connectivity index (χ1v) is 4.68. The normalized spacial score (nSPS) is 12.8. The highest BCUT2D eigenvalue weighted by Crippen LogP contribution is 2.31. The van der Waals surface area contributed by atoms with Crippen molar-refractivity contribution in [1.82, 2.24) is 0 Å². The molecule has 6 heteroatoms. The van der Waals surface area contributed by atoms with Crippen LogP contribution in [0.4, 0.5) is 18.9 Å². The number of nitrogens with zero attached hydrogens (tertiary/aromatic N) is 1. The summed E-state index contributed by atoms with van der Waals surface area (Å²) < 4.78 is 41.4. The van der Waals surface area contributed by atoms with E-state index < -0.39 is 11.3 Å². The second kappa shape index (κ2) is 4.74. The Morgan fingerprint density at radius 3 is 2.50 bits per heavy atom. The van der Waals surface area contributed by atoms with E-state index in [0.717, 1.165) is 5.56 Å². The molecule has 16 heavy (non-hydrogen) atoms. The molecule has 0 spiro atoms. The molecule has 0 radical (unpaired) electrons. The summed E-state index contributed by atoms with van der Waals surface area (Å²) in [6.07, 6.45) is -4.64. The van der Waals surface area contributed by atoms with E-state index in [-0.39, 0.29) is 11.4 Å². The zero-order chi connectivity index (χ0) is 12.3. The Hall–Kier alpha value is -1.23. The predicted octanol–water partition coefficient (Wildman–Crippen LogP) is 3.83. The standard InChI is InChI=1S/C10H9ClF3NO/c1-6-3-4-8(16-2)7(5-6)15-9(11)10(12,13)14/h3-5H,1-2H3. The minimum Gasteiger partial charge on any atom is -0.494 e. The van der Waals surface area contributed by atoms with E-state index in [9.17, 15) is 13.2 Å². The molecule has 0 atom stereocenters. The second-order valence-electron chi connectivity index (χ2n) is 3.08. The van der Waals surface area contributed by atoms with Gasteiger partial charge < -0.3 is 4.74 Å². The summed E-state index contributed by atoms with van der Waals surface area (Å²) in [7, 11) is 1.35. The largest absolute Gasteiger partial charge is 0.494 e. The fourth-order valence-electron chi connectivity index (χ4n) is 1.06. The van der Waals surface area contributed by atoms with Gasteiger partial charge in [0.15, 0.2) is 0 Å². The van der Waals surface area contributed by atoms with Crippen LogP contribution in [0.3, 0.4) is 0 Å². The first-order valence-electron chi connectivity index (χ1n) is 4.30. The monoisotopic (exact) mass is 251 g/mol. The average Bonchev–Trinajstić information content (AvgIpc) is 2.16. The molecular weight excluding hydrogens is 243 g/mol. The lowest BCUT2D eigenvalue weighted by Gasteiger charge is -2.07. The van der Waals surface area contributed by atoms with Gasteiger partial charge in [-0.1, -0.05) is 17.7 Å². The van der Waals surface area contributed by atoms with Gasteiger partial charge in [-0.2, -0.15) is 13.2 Å². The molecule has 1 aromatic carbocycles. The summed E-state index contributed by atoms with van der Waals surface area (Å²) >= 11 is 5.04. The molecule has 0 N–H and O–H groups in total. The maximum Gasteiger partial charge on any atom is 0.444 e. The van der Waals surface area contributed by atoms with Gasteiger partial charge in [0, 0.05) is 0 Å². The number of aryl methyl sites for hydroxylation is 1. The quantitative estimate of drug-likeness (QED) is 0.732. The summed E-state index contributed by atoms with van der Waals surface area (Å²) in [5.74, 6) is 0.244. The van der Waals surface area contributed by atoms with Crippen LogP contribution in [0.2, 0.25) is 0 Å². The molecule has 0 saturated heterocycles. The highest BCUT2D eigenvalue weighted by molar-refractivity contribution is 6.67. The Morgan fingerprint density at radius 2 is 2.00 bits per heavy atom. The molecule has 0 unspecified atom stereocenters. The van der Waals surface area contributed by atoms with Crippen LogP contribution in [0.5, 0.6) is 5.75 Å². The Kier molecular flexibility index (Phi) is 3.80. The van der Waals surface area contributed by atoms with Crippen molar-refractivity contribution in [3.8, 4) is 5.75 Å². The van der Waals surface area contributed by atoms with Crippen molar-refractivity contribution < 1.29 is 17.9 Å².